The molecule has 174 valence electrons. The zero-order chi connectivity index (χ0) is 23.7. The molecule has 1 unspecified atom stereocenters. The van der Waals surface area contributed by atoms with Crippen molar-refractivity contribution in [1.29, 1.82) is 0 Å². The molecule has 2 aromatic carbocycles. The minimum absolute atomic E-state index is 0.0724. The molecule has 0 N–H and O–H groups in total. The van der Waals surface area contributed by atoms with Crippen LogP contribution in [0.25, 0.3) is 0 Å². The van der Waals surface area contributed by atoms with Gasteiger partial charge in [0.2, 0.25) is 5.91 Å². The molecule has 5 nitrogen and oxygen atoms in total. The molecule has 1 fully saturated rings. The van der Waals surface area contributed by atoms with E-state index >= 15 is 0 Å². The fraction of sp³-hybridized carbons (Fsp3) is 0.435. The maximum absolute atomic E-state index is 14.8. The van der Waals surface area contributed by atoms with Crippen LogP contribution in [-0.2, 0) is 20.4 Å². The number of methoxy groups -OCH3 is 1. The lowest BCUT2D eigenvalue weighted by atomic mass is 9.97. The highest BCUT2D eigenvalue weighted by molar-refractivity contribution is 6.69. The summed E-state index contributed by atoms with van der Waals surface area (Å²) in [6, 6.07) is 13.8. The lowest BCUT2D eigenvalue weighted by molar-refractivity contribution is -0.353. The van der Waals surface area contributed by atoms with Gasteiger partial charge < -0.3 is 18.8 Å². The van der Waals surface area contributed by atoms with Gasteiger partial charge in [-0.05, 0) is 43.8 Å². The van der Waals surface area contributed by atoms with E-state index in [4.69, 9.17) is 13.9 Å². The van der Waals surface area contributed by atoms with Crippen LogP contribution < -0.4 is 4.74 Å². The van der Waals surface area contributed by atoms with Crippen LogP contribution in [0, 0.1) is 0 Å². The van der Waals surface area contributed by atoms with E-state index < -0.39 is 38.5 Å². The summed E-state index contributed by atoms with van der Waals surface area (Å²) in [6.07, 6.45) is -6.20. The van der Waals surface area contributed by atoms with Crippen LogP contribution in [0.5, 0.6) is 5.75 Å². The van der Waals surface area contributed by atoms with Crippen LogP contribution in [0.1, 0.15) is 24.3 Å². The first-order valence-electron chi connectivity index (χ1n) is 10.3. The Bertz CT molecular complexity index is 931. The lowest BCUT2D eigenvalue weighted by Gasteiger charge is -2.40. The van der Waals surface area contributed by atoms with Crippen LogP contribution >= 0.6 is 0 Å². The van der Waals surface area contributed by atoms with Crippen molar-refractivity contribution in [1.82, 2.24) is 4.90 Å². The number of hydrogen-bond acceptors (Lipinski definition) is 4. The molecular formula is C23H28F3NO4Si. The third-order valence-electron chi connectivity index (χ3n) is 5.20. The summed E-state index contributed by atoms with van der Waals surface area (Å²) in [5, 5.41) is 0. The van der Waals surface area contributed by atoms with Crippen molar-refractivity contribution >= 4 is 14.2 Å². The van der Waals surface area contributed by atoms with Gasteiger partial charge in [0.25, 0.3) is 5.79 Å². The first-order chi connectivity index (χ1) is 14.9. The van der Waals surface area contributed by atoms with E-state index in [1.807, 2.05) is 0 Å². The maximum atomic E-state index is 14.8. The number of carbonyl (C=O) groups excluding carboxylic acids is 1. The van der Waals surface area contributed by atoms with Crippen molar-refractivity contribution < 1.29 is 31.9 Å². The molecule has 3 atom stereocenters. The standard InChI is InChI=1S/C23H28F3NO4Si/c1-16(28)27-20(15-17-9-7-6-8-10-17)22(23(24,25)26,31-32(3,4)5)30-21(27)18-11-13-19(29-2)14-12-18/h6-14,20-21H,15H2,1-5H3/t20-,21-,22?/m0/s1. The van der Waals surface area contributed by atoms with E-state index in [0.717, 1.165) is 4.90 Å². The highest BCUT2D eigenvalue weighted by Gasteiger charge is 2.71. The molecule has 1 aliphatic heterocycles. The summed E-state index contributed by atoms with van der Waals surface area (Å²) in [7, 11) is -1.28. The molecule has 0 spiro atoms. The molecular weight excluding hydrogens is 439 g/mol. The molecule has 0 radical (unpaired) electrons. The normalized spacial score (nSPS) is 23.9. The minimum Gasteiger partial charge on any atom is -0.497 e. The van der Waals surface area contributed by atoms with Crippen LogP contribution in [0.15, 0.2) is 54.6 Å². The quantitative estimate of drug-likeness (QED) is 0.542. The predicted octanol–water partition coefficient (Wildman–Crippen LogP) is 5.29. The van der Waals surface area contributed by atoms with Crippen LogP contribution in [0.4, 0.5) is 13.2 Å². The van der Waals surface area contributed by atoms with Crippen LogP contribution in [0.2, 0.25) is 19.6 Å². The second kappa shape index (κ2) is 8.88. The highest BCUT2D eigenvalue weighted by atomic mass is 28.4. The largest absolute Gasteiger partial charge is 0.497 e. The summed E-state index contributed by atoms with van der Waals surface area (Å²) >= 11 is 0. The molecule has 0 bridgehead atoms. The van der Waals surface area contributed by atoms with E-state index in [1.165, 1.54) is 14.0 Å². The number of rotatable bonds is 6. The fourth-order valence-corrected chi connectivity index (χ4v) is 5.17. The van der Waals surface area contributed by atoms with Gasteiger partial charge >= 0.3 is 6.18 Å². The Balaban J connectivity index is 2.17. The van der Waals surface area contributed by atoms with E-state index in [9.17, 15) is 18.0 Å². The zero-order valence-electron chi connectivity index (χ0n) is 18.8. The number of carbonyl (C=O) groups is 1. The smallest absolute Gasteiger partial charge is 0.444 e. The Morgan fingerprint density at radius 3 is 2.16 bits per heavy atom. The number of halogens is 3. The Kier molecular flexibility index (Phi) is 6.74. The summed E-state index contributed by atoms with van der Waals surface area (Å²) in [4.78, 5) is 13.9. The topological polar surface area (TPSA) is 48.0 Å². The summed E-state index contributed by atoms with van der Waals surface area (Å²) in [6.45, 7) is 6.26. The van der Waals surface area contributed by atoms with Gasteiger partial charge in [0.15, 0.2) is 14.5 Å². The molecule has 1 aliphatic rings. The van der Waals surface area contributed by atoms with Crippen LogP contribution in [-0.4, -0.2) is 44.2 Å². The van der Waals surface area contributed by atoms with Gasteiger partial charge in [0.05, 0.1) is 7.11 Å². The second-order valence-corrected chi connectivity index (χ2v) is 13.2. The zero-order valence-corrected chi connectivity index (χ0v) is 19.8. The molecule has 0 aromatic heterocycles. The van der Waals surface area contributed by atoms with Gasteiger partial charge in [-0.15, -0.1) is 0 Å². The molecule has 2 aromatic rings. The second-order valence-electron chi connectivity index (χ2n) is 8.75. The van der Waals surface area contributed by atoms with Gasteiger partial charge in [-0.3, -0.25) is 4.79 Å². The summed E-state index contributed by atoms with van der Waals surface area (Å²) < 4.78 is 61.0. The Morgan fingerprint density at radius 1 is 1.09 bits per heavy atom. The number of amides is 1. The number of ether oxygens (including phenoxy) is 2. The summed E-state index contributed by atoms with van der Waals surface area (Å²) in [5.74, 6) is -2.94. The van der Waals surface area contributed by atoms with Crippen molar-refractivity contribution in [3.05, 3.63) is 65.7 Å². The van der Waals surface area contributed by atoms with Crippen molar-refractivity contribution in [2.24, 2.45) is 0 Å². The van der Waals surface area contributed by atoms with E-state index in [-0.39, 0.29) is 6.42 Å². The van der Waals surface area contributed by atoms with Crippen molar-refractivity contribution in [2.75, 3.05) is 7.11 Å². The molecule has 9 heteroatoms. The number of alkyl halides is 3. The molecule has 0 aliphatic carbocycles. The predicted molar refractivity (Wildman–Crippen MR) is 116 cm³/mol. The Labute approximate surface area is 187 Å². The first-order valence-corrected chi connectivity index (χ1v) is 13.7. The molecule has 1 saturated heterocycles. The van der Waals surface area contributed by atoms with Gasteiger partial charge in [-0.25, -0.2) is 0 Å². The number of benzene rings is 2. The highest BCUT2D eigenvalue weighted by Crippen LogP contribution is 2.52. The molecule has 3 rings (SSSR count). The van der Waals surface area contributed by atoms with E-state index in [2.05, 4.69) is 0 Å². The molecule has 32 heavy (non-hydrogen) atoms. The average molecular weight is 468 g/mol. The van der Waals surface area contributed by atoms with E-state index in [1.54, 1.807) is 74.2 Å². The monoisotopic (exact) mass is 467 g/mol. The van der Waals surface area contributed by atoms with E-state index in [0.29, 0.717) is 16.9 Å². The lowest BCUT2D eigenvalue weighted by Crippen LogP contribution is -2.62. The first kappa shape index (κ1) is 24.3. The average Bonchev–Trinajstić information content (AvgIpc) is 3.02. The number of nitrogens with zero attached hydrogens (tertiary/aromatic N) is 1. The van der Waals surface area contributed by atoms with Crippen molar-refractivity contribution in [3.63, 3.8) is 0 Å². The Hall–Kier alpha value is -2.36. The van der Waals surface area contributed by atoms with Gasteiger partial charge in [0, 0.05) is 12.5 Å². The van der Waals surface area contributed by atoms with Crippen molar-refractivity contribution in [3.8, 4) is 5.75 Å². The molecule has 1 heterocycles. The third kappa shape index (κ3) is 4.84. The SMILES string of the molecule is COc1ccc([C@@H]2OC(O[Si](C)(C)C)(C(F)(F)F)[C@H](Cc3ccccc3)N2C(C)=O)cc1. The fourth-order valence-electron chi connectivity index (χ4n) is 3.96. The van der Waals surface area contributed by atoms with Crippen LogP contribution in [0.3, 0.4) is 0 Å². The molecule has 1 amide bonds. The Morgan fingerprint density at radius 2 is 1.69 bits per heavy atom. The summed E-state index contributed by atoms with van der Waals surface area (Å²) in [5.41, 5.74) is 1.06. The van der Waals surface area contributed by atoms with Gasteiger partial charge in [-0.2, -0.15) is 13.2 Å². The van der Waals surface area contributed by atoms with Gasteiger partial charge in [-0.1, -0.05) is 42.5 Å². The third-order valence-corrected chi connectivity index (χ3v) is 6.12. The number of hydrogen-bond donors (Lipinski definition) is 0. The van der Waals surface area contributed by atoms with Gasteiger partial charge in [0.1, 0.15) is 11.8 Å². The minimum atomic E-state index is -4.87. The van der Waals surface area contributed by atoms with Crippen molar-refractivity contribution in [2.45, 2.75) is 57.2 Å². The molecule has 0 saturated carbocycles. The maximum Gasteiger partial charge on any atom is 0.444 e.